The number of aromatic amines is 1. The van der Waals surface area contributed by atoms with Crippen molar-refractivity contribution in [1.29, 1.82) is 0 Å². The van der Waals surface area contributed by atoms with Gasteiger partial charge in [-0.2, -0.15) is 5.10 Å². The predicted octanol–water partition coefficient (Wildman–Crippen LogP) is 2.36. The minimum absolute atomic E-state index is 0.0920. The Morgan fingerprint density at radius 1 is 1.59 bits per heavy atom. The Balaban J connectivity index is 1.54. The zero-order chi connectivity index (χ0) is 15.4. The van der Waals surface area contributed by atoms with E-state index in [1.165, 1.54) is 10.6 Å². The van der Waals surface area contributed by atoms with Gasteiger partial charge < -0.3 is 5.32 Å². The van der Waals surface area contributed by atoms with Crippen LogP contribution in [0.3, 0.4) is 0 Å². The van der Waals surface area contributed by atoms with E-state index in [9.17, 15) is 4.79 Å². The minimum atomic E-state index is -0.0920. The number of H-pyrrole nitrogens is 1. The molecule has 22 heavy (non-hydrogen) atoms. The zero-order valence-electron chi connectivity index (χ0n) is 12.8. The molecule has 0 aliphatic carbocycles. The van der Waals surface area contributed by atoms with Crippen LogP contribution in [0.1, 0.15) is 36.3 Å². The predicted molar refractivity (Wildman–Crippen MR) is 87.8 cm³/mol. The van der Waals surface area contributed by atoms with Crippen molar-refractivity contribution in [1.82, 2.24) is 20.4 Å². The molecule has 0 unspecified atom stereocenters. The Labute approximate surface area is 134 Å². The highest BCUT2D eigenvalue weighted by Gasteiger charge is 2.28. The van der Waals surface area contributed by atoms with E-state index in [1.807, 2.05) is 30.5 Å². The summed E-state index contributed by atoms with van der Waals surface area (Å²) in [6.07, 6.45) is 4.07. The van der Waals surface area contributed by atoms with Crippen LogP contribution >= 0.6 is 11.3 Å². The van der Waals surface area contributed by atoms with Crippen LogP contribution < -0.4 is 5.32 Å². The fraction of sp³-hybridized carbons (Fsp3) is 0.500. The Morgan fingerprint density at radius 2 is 2.50 bits per heavy atom. The van der Waals surface area contributed by atoms with E-state index in [0.717, 1.165) is 25.9 Å². The van der Waals surface area contributed by atoms with Gasteiger partial charge in [0.2, 0.25) is 5.91 Å². The molecule has 2 atom stereocenters. The molecule has 2 N–H and O–H groups in total. The summed E-state index contributed by atoms with van der Waals surface area (Å²) in [5, 5.41) is 12.2. The molecule has 1 amide bonds. The number of amides is 1. The highest BCUT2D eigenvalue weighted by atomic mass is 32.1. The van der Waals surface area contributed by atoms with E-state index in [2.05, 4.69) is 20.4 Å². The number of carbonyl (C=O) groups excluding carboxylic acids is 1. The van der Waals surface area contributed by atoms with Crippen molar-refractivity contribution in [2.24, 2.45) is 0 Å². The molecule has 118 valence electrons. The van der Waals surface area contributed by atoms with E-state index in [4.69, 9.17) is 0 Å². The van der Waals surface area contributed by atoms with Gasteiger partial charge in [-0.25, -0.2) is 0 Å². The van der Waals surface area contributed by atoms with Crippen LogP contribution in [-0.4, -0.2) is 40.1 Å². The lowest BCUT2D eigenvalue weighted by atomic mass is 9.94. The average molecular weight is 318 g/mol. The number of carbonyl (C=O) groups is 1. The van der Waals surface area contributed by atoms with E-state index in [-0.39, 0.29) is 11.9 Å². The van der Waals surface area contributed by atoms with Crippen molar-refractivity contribution < 1.29 is 4.79 Å². The van der Waals surface area contributed by atoms with Crippen LogP contribution in [0.25, 0.3) is 0 Å². The van der Waals surface area contributed by atoms with Crippen molar-refractivity contribution in [2.75, 3.05) is 13.1 Å². The maximum Gasteiger partial charge on any atom is 0.237 e. The number of nitrogens with zero attached hydrogens (tertiary/aromatic N) is 2. The SMILES string of the molecule is C[C@H](C(=O)NCc1cccs1)N1CCC[C@@H](c2ccn[nH]2)C1. The first-order chi connectivity index (χ1) is 10.7. The maximum absolute atomic E-state index is 12.4. The summed E-state index contributed by atoms with van der Waals surface area (Å²) < 4.78 is 0. The van der Waals surface area contributed by atoms with E-state index < -0.39 is 0 Å². The molecular weight excluding hydrogens is 296 g/mol. The molecule has 0 spiro atoms. The quantitative estimate of drug-likeness (QED) is 0.889. The molecule has 6 heteroatoms. The van der Waals surface area contributed by atoms with Gasteiger partial charge in [-0.3, -0.25) is 14.8 Å². The summed E-state index contributed by atoms with van der Waals surface area (Å²) >= 11 is 1.67. The van der Waals surface area contributed by atoms with Gasteiger partial charge in [0, 0.05) is 29.2 Å². The Hall–Kier alpha value is -1.66. The normalized spacial score (nSPS) is 20.7. The van der Waals surface area contributed by atoms with Crippen LogP contribution in [0.4, 0.5) is 0 Å². The van der Waals surface area contributed by atoms with Gasteiger partial charge in [0.1, 0.15) is 0 Å². The fourth-order valence-corrected chi connectivity index (χ4v) is 3.65. The van der Waals surface area contributed by atoms with E-state index in [1.54, 1.807) is 17.5 Å². The molecule has 0 radical (unpaired) electrons. The molecule has 0 bridgehead atoms. The fourth-order valence-electron chi connectivity index (χ4n) is 3.01. The number of rotatable bonds is 5. The first-order valence-corrected chi connectivity index (χ1v) is 8.65. The summed E-state index contributed by atoms with van der Waals surface area (Å²) in [6.45, 7) is 4.52. The van der Waals surface area contributed by atoms with Crippen molar-refractivity contribution in [3.05, 3.63) is 40.3 Å². The second kappa shape index (κ2) is 7.07. The topological polar surface area (TPSA) is 61.0 Å². The van der Waals surface area contributed by atoms with Gasteiger partial charge in [0.05, 0.1) is 12.6 Å². The Morgan fingerprint density at radius 3 is 3.23 bits per heavy atom. The van der Waals surface area contributed by atoms with Crippen molar-refractivity contribution in [3.63, 3.8) is 0 Å². The number of hydrogen-bond acceptors (Lipinski definition) is 4. The molecule has 5 nitrogen and oxygen atoms in total. The molecule has 3 heterocycles. The molecular formula is C16H22N4OS. The number of nitrogens with one attached hydrogen (secondary N) is 2. The van der Waals surface area contributed by atoms with Crippen LogP contribution in [0.5, 0.6) is 0 Å². The third-order valence-corrected chi connectivity index (χ3v) is 5.24. The number of likely N-dealkylation sites (tertiary alicyclic amines) is 1. The molecule has 2 aromatic rings. The summed E-state index contributed by atoms with van der Waals surface area (Å²) in [5.41, 5.74) is 1.18. The highest BCUT2D eigenvalue weighted by molar-refractivity contribution is 7.09. The summed E-state index contributed by atoms with van der Waals surface area (Å²) in [5.74, 6) is 0.558. The van der Waals surface area contributed by atoms with Gasteiger partial charge >= 0.3 is 0 Å². The van der Waals surface area contributed by atoms with Crippen LogP contribution in [0, 0.1) is 0 Å². The molecule has 2 aromatic heterocycles. The van der Waals surface area contributed by atoms with Gasteiger partial charge in [0.15, 0.2) is 0 Å². The second-order valence-electron chi connectivity index (χ2n) is 5.82. The molecule has 3 rings (SSSR count). The molecule has 1 fully saturated rings. The minimum Gasteiger partial charge on any atom is -0.350 e. The van der Waals surface area contributed by atoms with Gasteiger partial charge in [-0.15, -0.1) is 11.3 Å². The van der Waals surface area contributed by atoms with Crippen molar-refractivity contribution in [3.8, 4) is 0 Å². The standard InChI is InChI=1S/C16H22N4OS/c1-12(16(21)17-10-14-5-3-9-22-14)20-8-2-4-13(11-20)15-6-7-18-19-15/h3,5-7,9,12-13H,2,4,8,10-11H2,1H3,(H,17,21)(H,18,19)/t12-,13-/m1/s1. The Kier molecular flexibility index (Phi) is 4.90. The molecule has 0 aromatic carbocycles. The maximum atomic E-state index is 12.4. The highest BCUT2D eigenvalue weighted by Crippen LogP contribution is 2.26. The lowest BCUT2D eigenvalue weighted by molar-refractivity contribution is -0.126. The molecule has 1 aliphatic rings. The lowest BCUT2D eigenvalue weighted by Gasteiger charge is -2.35. The molecule has 0 saturated carbocycles. The zero-order valence-corrected chi connectivity index (χ0v) is 13.6. The Bertz CT molecular complexity index is 581. The number of piperidine rings is 1. The summed E-state index contributed by atoms with van der Waals surface area (Å²) in [4.78, 5) is 15.8. The van der Waals surface area contributed by atoms with Gasteiger partial charge in [0.25, 0.3) is 0 Å². The average Bonchev–Trinajstić information content (AvgIpc) is 3.25. The summed E-state index contributed by atoms with van der Waals surface area (Å²) in [7, 11) is 0. The largest absolute Gasteiger partial charge is 0.350 e. The second-order valence-corrected chi connectivity index (χ2v) is 6.85. The van der Waals surface area contributed by atoms with E-state index >= 15 is 0 Å². The first kappa shape index (κ1) is 15.2. The van der Waals surface area contributed by atoms with Crippen molar-refractivity contribution in [2.45, 2.75) is 38.3 Å². The molecule has 1 saturated heterocycles. The number of hydrogen-bond donors (Lipinski definition) is 2. The van der Waals surface area contributed by atoms with Crippen LogP contribution in [0.15, 0.2) is 29.8 Å². The number of aromatic nitrogens is 2. The smallest absolute Gasteiger partial charge is 0.237 e. The summed E-state index contributed by atoms with van der Waals surface area (Å²) in [6, 6.07) is 6.00. The lowest BCUT2D eigenvalue weighted by Crippen LogP contribution is -2.48. The first-order valence-electron chi connectivity index (χ1n) is 7.77. The van der Waals surface area contributed by atoms with Gasteiger partial charge in [-0.1, -0.05) is 6.07 Å². The van der Waals surface area contributed by atoms with Crippen molar-refractivity contribution >= 4 is 17.2 Å². The number of thiophene rings is 1. The third-order valence-electron chi connectivity index (χ3n) is 4.36. The van der Waals surface area contributed by atoms with E-state index in [0.29, 0.717) is 12.5 Å². The molecule has 1 aliphatic heterocycles. The van der Waals surface area contributed by atoms with Crippen LogP contribution in [-0.2, 0) is 11.3 Å². The van der Waals surface area contributed by atoms with Crippen LogP contribution in [0.2, 0.25) is 0 Å². The third kappa shape index (κ3) is 3.56. The monoisotopic (exact) mass is 318 g/mol. The van der Waals surface area contributed by atoms with Gasteiger partial charge in [-0.05, 0) is 43.8 Å².